The fourth-order valence-electron chi connectivity index (χ4n) is 1.89. The van der Waals surface area contributed by atoms with Gasteiger partial charge in [0.25, 0.3) is 0 Å². The molecule has 1 atom stereocenters. The molecular formula is C14H21Cl2NO2. The molecule has 0 aliphatic rings. The van der Waals surface area contributed by atoms with E-state index in [1.54, 1.807) is 0 Å². The van der Waals surface area contributed by atoms with Crippen LogP contribution >= 0.6 is 23.2 Å². The van der Waals surface area contributed by atoms with Gasteiger partial charge >= 0.3 is 0 Å². The van der Waals surface area contributed by atoms with E-state index in [1.165, 1.54) is 0 Å². The van der Waals surface area contributed by atoms with Crippen molar-refractivity contribution in [2.75, 3.05) is 20.3 Å². The zero-order valence-electron chi connectivity index (χ0n) is 11.6. The predicted molar refractivity (Wildman–Crippen MR) is 80.1 cm³/mol. The molecule has 19 heavy (non-hydrogen) atoms. The second-order valence-electron chi connectivity index (χ2n) is 4.08. The van der Waals surface area contributed by atoms with Crippen molar-refractivity contribution in [2.45, 2.75) is 32.6 Å². The number of likely N-dealkylation sites (N-methyl/N-ethyl adjacent to an activating group) is 1. The summed E-state index contributed by atoms with van der Waals surface area (Å²) < 4.78 is 11.2. The van der Waals surface area contributed by atoms with Gasteiger partial charge in [-0.1, -0.05) is 29.3 Å². The van der Waals surface area contributed by atoms with E-state index in [2.05, 4.69) is 5.32 Å². The molecule has 1 rings (SSSR count). The number of hydrogen-bond acceptors (Lipinski definition) is 3. The minimum atomic E-state index is -0.313. The second-order valence-corrected chi connectivity index (χ2v) is 4.89. The monoisotopic (exact) mass is 305 g/mol. The molecule has 0 fully saturated rings. The van der Waals surface area contributed by atoms with Crippen LogP contribution in [0.15, 0.2) is 18.2 Å². The number of ether oxygens (including phenoxy) is 2. The zero-order valence-corrected chi connectivity index (χ0v) is 13.1. The van der Waals surface area contributed by atoms with Crippen LogP contribution in [-0.2, 0) is 15.9 Å². The number of hydrogen-bond donors (Lipinski definition) is 1. The van der Waals surface area contributed by atoms with Gasteiger partial charge in [0.15, 0.2) is 6.29 Å². The van der Waals surface area contributed by atoms with Gasteiger partial charge in [0.2, 0.25) is 0 Å². The van der Waals surface area contributed by atoms with Crippen molar-refractivity contribution < 1.29 is 9.47 Å². The zero-order chi connectivity index (χ0) is 14.3. The van der Waals surface area contributed by atoms with E-state index in [4.69, 9.17) is 32.7 Å². The topological polar surface area (TPSA) is 30.5 Å². The maximum atomic E-state index is 6.20. The predicted octanol–water partition coefficient (Wildman–Crippen LogP) is 3.52. The first-order chi connectivity index (χ1) is 9.13. The first-order valence-electron chi connectivity index (χ1n) is 6.47. The van der Waals surface area contributed by atoms with Gasteiger partial charge < -0.3 is 14.8 Å². The first kappa shape index (κ1) is 16.7. The first-order valence-corrected chi connectivity index (χ1v) is 7.22. The lowest BCUT2D eigenvalue weighted by Gasteiger charge is -2.27. The molecule has 5 heteroatoms. The molecule has 1 aromatic carbocycles. The van der Waals surface area contributed by atoms with Crippen LogP contribution in [0.25, 0.3) is 0 Å². The Bertz CT molecular complexity index is 361. The Morgan fingerprint density at radius 3 is 2.05 bits per heavy atom. The summed E-state index contributed by atoms with van der Waals surface area (Å²) in [4.78, 5) is 0. The van der Waals surface area contributed by atoms with E-state index in [0.29, 0.717) is 29.7 Å². The average molecular weight is 306 g/mol. The molecule has 0 radical (unpaired) electrons. The van der Waals surface area contributed by atoms with Crippen LogP contribution in [-0.4, -0.2) is 32.6 Å². The van der Waals surface area contributed by atoms with Crippen LogP contribution in [0.2, 0.25) is 10.0 Å². The summed E-state index contributed by atoms with van der Waals surface area (Å²) in [5.41, 5.74) is 0.912. The molecule has 0 aromatic heterocycles. The highest BCUT2D eigenvalue weighted by molar-refractivity contribution is 6.36. The highest BCUT2D eigenvalue weighted by atomic mass is 35.5. The maximum Gasteiger partial charge on any atom is 0.172 e. The summed E-state index contributed by atoms with van der Waals surface area (Å²) in [6.45, 7) is 5.08. The smallest absolute Gasteiger partial charge is 0.172 e. The van der Waals surface area contributed by atoms with Gasteiger partial charge in [-0.05, 0) is 45.0 Å². The summed E-state index contributed by atoms with van der Waals surface area (Å²) in [6.07, 6.45) is 0.340. The molecule has 1 aromatic rings. The fourth-order valence-corrected chi connectivity index (χ4v) is 2.44. The molecule has 0 bridgehead atoms. The molecule has 1 unspecified atom stereocenters. The standard InChI is InChI=1S/C14H21Cl2NO2/c1-4-18-14(19-5-2)13(17-3)9-10-11(15)7-6-8-12(10)16/h6-8,13-14,17H,4-5,9H2,1-3H3. The van der Waals surface area contributed by atoms with Crippen molar-refractivity contribution in [3.8, 4) is 0 Å². The largest absolute Gasteiger partial charge is 0.351 e. The van der Waals surface area contributed by atoms with Crippen LogP contribution in [0.4, 0.5) is 0 Å². The average Bonchev–Trinajstić information content (AvgIpc) is 2.38. The third kappa shape index (κ3) is 4.93. The normalized spacial score (nSPS) is 12.9. The lowest BCUT2D eigenvalue weighted by Crippen LogP contribution is -2.43. The Balaban J connectivity index is 2.85. The molecule has 0 heterocycles. The van der Waals surface area contributed by atoms with E-state index in [9.17, 15) is 0 Å². The fraction of sp³-hybridized carbons (Fsp3) is 0.571. The number of nitrogens with one attached hydrogen (secondary N) is 1. The third-order valence-electron chi connectivity index (χ3n) is 2.85. The van der Waals surface area contributed by atoms with Crippen molar-refractivity contribution in [2.24, 2.45) is 0 Å². The van der Waals surface area contributed by atoms with Gasteiger partial charge in [0.05, 0.1) is 6.04 Å². The highest BCUT2D eigenvalue weighted by Gasteiger charge is 2.23. The minimum Gasteiger partial charge on any atom is -0.351 e. The third-order valence-corrected chi connectivity index (χ3v) is 3.56. The maximum absolute atomic E-state index is 6.20. The van der Waals surface area contributed by atoms with E-state index < -0.39 is 0 Å². The molecule has 0 amide bonds. The van der Waals surface area contributed by atoms with Crippen molar-refractivity contribution in [3.63, 3.8) is 0 Å². The van der Waals surface area contributed by atoms with Crippen molar-refractivity contribution in [3.05, 3.63) is 33.8 Å². The summed E-state index contributed by atoms with van der Waals surface area (Å²) in [7, 11) is 1.88. The van der Waals surface area contributed by atoms with Crippen molar-refractivity contribution in [1.82, 2.24) is 5.32 Å². The van der Waals surface area contributed by atoms with Gasteiger partial charge in [-0.2, -0.15) is 0 Å². The summed E-state index contributed by atoms with van der Waals surface area (Å²) in [5.74, 6) is 0. The van der Waals surface area contributed by atoms with Crippen LogP contribution in [0.1, 0.15) is 19.4 Å². The Morgan fingerprint density at radius 2 is 1.63 bits per heavy atom. The molecule has 1 N–H and O–H groups in total. The molecular weight excluding hydrogens is 285 g/mol. The van der Waals surface area contributed by atoms with Gasteiger partial charge in [0.1, 0.15) is 0 Å². The Morgan fingerprint density at radius 1 is 1.11 bits per heavy atom. The van der Waals surface area contributed by atoms with Gasteiger partial charge in [-0.3, -0.25) is 0 Å². The quantitative estimate of drug-likeness (QED) is 0.745. The summed E-state index contributed by atoms with van der Waals surface area (Å²) in [6, 6.07) is 5.51. The summed E-state index contributed by atoms with van der Waals surface area (Å²) >= 11 is 12.4. The molecule has 0 spiro atoms. The number of rotatable bonds is 8. The van der Waals surface area contributed by atoms with Crippen LogP contribution in [0.3, 0.4) is 0 Å². The Kier molecular flexibility index (Phi) is 7.73. The van der Waals surface area contributed by atoms with E-state index in [1.807, 2.05) is 39.1 Å². The lowest BCUT2D eigenvalue weighted by atomic mass is 10.1. The number of benzene rings is 1. The molecule has 108 valence electrons. The van der Waals surface area contributed by atoms with Gasteiger partial charge in [0, 0.05) is 23.3 Å². The second kappa shape index (κ2) is 8.77. The molecule has 0 aliphatic heterocycles. The van der Waals surface area contributed by atoms with Crippen molar-refractivity contribution >= 4 is 23.2 Å². The van der Waals surface area contributed by atoms with E-state index in [-0.39, 0.29) is 12.3 Å². The SMILES string of the molecule is CCOC(OCC)C(Cc1c(Cl)cccc1Cl)NC. The summed E-state index contributed by atoms with van der Waals surface area (Å²) in [5, 5.41) is 4.54. The van der Waals surface area contributed by atoms with Crippen LogP contribution < -0.4 is 5.32 Å². The van der Waals surface area contributed by atoms with Crippen molar-refractivity contribution in [1.29, 1.82) is 0 Å². The molecule has 0 saturated carbocycles. The number of halogens is 2. The van der Waals surface area contributed by atoms with Crippen LogP contribution in [0, 0.1) is 0 Å². The van der Waals surface area contributed by atoms with Gasteiger partial charge in [-0.25, -0.2) is 0 Å². The lowest BCUT2D eigenvalue weighted by molar-refractivity contribution is -0.152. The van der Waals surface area contributed by atoms with E-state index in [0.717, 1.165) is 5.56 Å². The Hall–Kier alpha value is -0.320. The molecule has 3 nitrogen and oxygen atoms in total. The Labute approximate surface area is 125 Å². The minimum absolute atomic E-state index is 0.00250. The highest BCUT2D eigenvalue weighted by Crippen LogP contribution is 2.26. The van der Waals surface area contributed by atoms with Crippen LogP contribution in [0.5, 0.6) is 0 Å². The van der Waals surface area contributed by atoms with E-state index >= 15 is 0 Å². The van der Waals surface area contributed by atoms with Gasteiger partial charge in [-0.15, -0.1) is 0 Å². The molecule has 0 saturated heterocycles. The molecule has 0 aliphatic carbocycles.